The van der Waals surface area contributed by atoms with Gasteiger partial charge in [-0.15, -0.1) is 16.9 Å². The molecule has 0 aliphatic carbocycles. The molecule has 0 unspecified atom stereocenters. The van der Waals surface area contributed by atoms with Crippen LogP contribution in [0.2, 0.25) is 0 Å². The van der Waals surface area contributed by atoms with E-state index in [2.05, 4.69) is 15.7 Å². The highest BCUT2D eigenvalue weighted by Crippen LogP contribution is 2.34. The number of amides is 1. The van der Waals surface area contributed by atoms with Gasteiger partial charge in [-0.1, -0.05) is 23.5 Å². The number of thioether (sulfide) groups is 1. The van der Waals surface area contributed by atoms with Crippen molar-refractivity contribution in [2.75, 3.05) is 17.2 Å². The molecule has 0 fully saturated rings. The SMILES string of the molecule is CCc1nnsc1C(=O)N1CCCSc2ccccc21. The second-order valence-corrected chi connectivity index (χ2v) is 6.42. The molecule has 0 bridgehead atoms. The van der Waals surface area contributed by atoms with Crippen LogP contribution in [0.5, 0.6) is 0 Å². The van der Waals surface area contributed by atoms with Gasteiger partial charge < -0.3 is 4.90 Å². The number of hydrogen-bond donors (Lipinski definition) is 0. The van der Waals surface area contributed by atoms with Crippen molar-refractivity contribution in [3.05, 3.63) is 34.8 Å². The summed E-state index contributed by atoms with van der Waals surface area (Å²) in [5.74, 6) is 1.08. The van der Waals surface area contributed by atoms with E-state index >= 15 is 0 Å². The van der Waals surface area contributed by atoms with Gasteiger partial charge in [0.15, 0.2) is 0 Å². The van der Waals surface area contributed by atoms with Gasteiger partial charge in [0.25, 0.3) is 5.91 Å². The molecule has 20 heavy (non-hydrogen) atoms. The van der Waals surface area contributed by atoms with Crippen LogP contribution in [0.1, 0.15) is 28.7 Å². The number of nitrogens with zero attached hydrogens (tertiary/aromatic N) is 3. The number of hydrogen-bond acceptors (Lipinski definition) is 5. The first kappa shape index (κ1) is 13.6. The third-order valence-electron chi connectivity index (χ3n) is 3.27. The standard InChI is InChI=1S/C14H15N3OS2/c1-2-10-13(20-16-15-10)14(18)17-8-5-9-19-12-7-4-3-6-11(12)17/h3-4,6-7H,2,5,8-9H2,1H3. The zero-order valence-corrected chi connectivity index (χ0v) is 12.8. The van der Waals surface area contributed by atoms with Crippen LogP contribution in [-0.4, -0.2) is 27.8 Å². The normalized spacial score (nSPS) is 14.8. The van der Waals surface area contributed by atoms with Gasteiger partial charge in [-0.25, -0.2) is 0 Å². The average Bonchev–Trinajstić information content (AvgIpc) is 2.86. The maximum absolute atomic E-state index is 12.8. The number of rotatable bonds is 2. The largest absolute Gasteiger partial charge is 0.306 e. The van der Waals surface area contributed by atoms with Crippen molar-refractivity contribution >= 4 is 34.9 Å². The van der Waals surface area contributed by atoms with Crippen LogP contribution in [-0.2, 0) is 6.42 Å². The van der Waals surface area contributed by atoms with Crippen molar-refractivity contribution in [2.45, 2.75) is 24.7 Å². The lowest BCUT2D eigenvalue weighted by Crippen LogP contribution is -2.31. The molecule has 2 aromatic rings. The first-order valence-electron chi connectivity index (χ1n) is 6.66. The number of para-hydroxylation sites is 1. The second-order valence-electron chi connectivity index (χ2n) is 4.53. The van der Waals surface area contributed by atoms with E-state index in [0.717, 1.165) is 36.5 Å². The highest BCUT2D eigenvalue weighted by molar-refractivity contribution is 7.99. The third-order valence-corrected chi connectivity index (χ3v) is 5.17. The monoisotopic (exact) mass is 305 g/mol. The van der Waals surface area contributed by atoms with Gasteiger partial charge in [-0.3, -0.25) is 4.79 Å². The summed E-state index contributed by atoms with van der Waals surface area (Å²) in [5.41, 5.74) is 1.81. The molecule has 3 rings (SSSR count). The zero-order chi connectivity index (χ0) is 13.9. The maximum atomic E-state index is 12.8. The lowest BCUT2D eigenvalue weighted by molar-refractivity contribution is 0.0989. The molecule has 1 aromatic heterocycles. The summed E-state index contributed by atoms with van der Waals surface area (Å²) in [6, 6.07) is 8.10. The van der Waals surface area contributed by atoms with Crippen LogP contribution in [0.4, 0.5) is 5.69 Å². The quantitative estimate of drug-likeness (QED) is 0.854. The predicted octanol–water partition coefficient (Wildman–Crippen LogP) is 3.24. The first-order chi connectivity index (χ1) is 9.81. The molecule has 1 aliphatic rings. The van der Waals surface area contributed by atoms with Gasteiger partial charge in [0.1, 0.15) is 4.88 Å². The number of benzene rings is 1. The molecular formula is C14H15N3OS2. The molecule has 0 spiro atoms. The van der Waals surface area contributed by atoms with Crippen LogP contribution in [0.3, 0.4) is 0 Å². The first-order valence-corrected chi connectivity index (χ1v) is 8.42. The molecule has 0 saturated heterocycles. The summed E-state index contributed by atoms with van der Waals surface area (Å²) >= 11 is 3.01. The Hall–Kier alpha value is -1.40. The summed E-state index contributed by atoms with van der Waals surface area (Å²) in [4.78, 5) is 16.5. The third kappa shape index (κ3) is 2.45. The molecule has 0 saturated carbocycles. The fourth-order valence-electron chi connectivity index (χ4n) is 2.26. The summed E-state index contributed by atoms with van der Waals surface area (Å²) in [5, 5.41) is 4.05. The molecule has 0 atom stereocenters. The van der Waals surface area contributed by atoms with Crippen LogP contribution in [0, 0.1) is 0 Å². The molecule has 1 aromatic carbocycles. The van der Waals surface area contributed by atoms with Crippen molar-refractivity contribution in [1.82, 2.24) is 9.59 Å². The molecule has 1 aliphatic heterocycles. The molecule has 2 heterocycles. The van der Waals surface area contributed by atoms with Crippen molar-refractivity contribution in [3.63, 3.8) is 0 Å². The molecule has 1 amide bonds. The van der Waals surface area contributed by atoms with E-state index in [1.807, 2.05) is 41.8 Å². The highest BCUT2D eigenvalue weighted by Gasteiger charge is 2.25. The van der Waals surface area contributed by atoms with E-state index in [1.54, 1.807) is 0 Å². The topological polar surface area (TPSA) is 46.1 Å². The predicted molar refractivity (Wildman–Crippen MR) is 82.7 cm³/mol. The Balaban J connectivity index is 1.99. The molecule has 0 radical (unpaired) electrons. The highest BCUT2D eigenvalue weighted by atomic mass is 32.2. The minimum Gasteiger partial charge on any atom is -0.306 e. The van der Waals surface area contributed by atoms with E-state index in [0.29, 0.717) is 4.88 Å². The number of anilines is 1. The van der Waals surface area contributed by atoms with Crippen LogP contribution in [0.25, 0.3) is 0 Å². The lowest BCUT2D eigenvalue weighted by atomic mass is 10.2. The van der Waals surface area contributed by atoms with E-state index in [-0.39, 0.29) is 5.91 Å². The fourth-order valence-corrected chi connectivity index (χ4v) is 3.96. The van der Waals surface area contributed by atoms with E-state index in [4.69, 9.17) is 0 Å². The number of aromatic nitrogens is 2. The van der Waals surface area contributed by atoms with Gasteiger partial charge >= 0.3 is 0 Å². The number of carbonyl (C=O) groups excluding carboxylic acids is 1. The van der Waals surface area contributed by atoms with Crippen LogP contribution in [0.15, 0.2) is 29.2 Å². The molecular weight excluding hydrogens is 290 g/mol. The van der Waals surface area contributed by atoms with Gasteiger partial charge in [0, 0.05) is 11.4 Å². The summed E-state index contributed by atoms with van der Waals surface area (Å²) in [6.45, 7) is 2.75. The summed E-state index contributed by atoms with van der Waals surface area (Å²) in [7, 11) is 0. The van der Waals surface area contributed by atoms with Crippen LogP contribution >= 0.6 is 23.3 Å². The Bertz CT molecular complexity index is 626. The second kappa shape index (κ2) is 5.93. The van der Waals surface area contributed by atoms with Gasteiger partial charge in [0.05, 0.1) is 11.4 Å². The minimum absolute atomic E-state index is 0.0341. The molecule has 104 valence electrons. The molecule has 0 N–H and O–H groups in total. The Morgan fingerprint density at radius 2 is 2.25 bits per heavy atom. The van der Waals surface area contributed by atoms with E-state index < -0.39 is 0 Å². The van der Waals surface area contributed by atoms with E-state index in [1.165, 1.54) is 16.4 Å². The Morgan fingerprint density at radius 1 is 1.40 bits per heavy atom. The van der Waals surface area contributed by atoms with Crippen molar-refractivity contribution in [2.24, 2.45) is 0 Å². The average molecular weight is 305 g/mol. The Labute approximate surface area is 126 Å². The lowest BCUT2D eigenvalue weighted by Gasteiger charge is -2.21. The summed E-state index contributed by atoms with van der Waals surface area (Å²) in [6.07, 6.45) is 1.74. The number of aryl methyl sites for hydroxylation is 1. The Morgan fingerprint density at radius 3 is 3.10 bits per heavy atom. The molecule has 4 nitrogen and oxygen atoms in total. The van der Waals surface area contributed by atoms with Crippen LogP contribution < -0.4 is 4.90 Å². The van der Waals surface area contributed by atoms with Gasteiger partial charge in [-0.2, -0.15) is 0 Å². The number of fused-ring (bicyclic) bond motifs is 1. The van der Waals surface area contributed by atoms with Crippen molar-refractivity contribution in [1.29, 1.82) is 0 Å². The maximum Gasteiger partial charge on any atom is 0.271 e. The zero-order valence-electron chi connectivity index (χ0n) is 11.2. The minimum atomic E-state index is 0.0341. The molecule has 6 heteroatoms. The Kier molecular flexibility index (Phi) is 4.03. The van der Waals surface area contributed by atoms with Gasteiger partial charge in [0.2, 0.25) is 0 Å². The smallest absolute Gasteiger partial charge is 0.271 e. The van der Waals surface area contributed by atoms with Crippen molar-refractivity contribution < 1.29 is 4.79 Å². The van der Waals surface area contributed by atoms with Crippen molar-refractivity contribution in [3.8, 4) is 0 Å². The van der Waals surface area contributed by atoms with Gasteiger partial charge in [-0.05, 0) is 42.3 Å². The fraction of sp³-hybridized carbons (Fsp3) is 0.357. The van der Waals surface area contributed by atoms with E-state index in [9.17, 15) is 4.79 Å². The summed E-state index contributed by atoms with van der Waals surface area (Å²) < 4.78 is 3.93. The number of carbonyl (C=O) groups is 1.